The van der Waals surface area contributed by atoms with Gasteiger partial charge in [0.15, 0.2) is 0 Å². The molecule has 4 fully saturated rings. The van der Waals surface area contributed by atoms with Gasteiger partial charge in [-0.3, -0.25) is 19.4 Å². The van der Waals surface area contributed by atoms with Crippen molar-refractivity contribution in [3.05, 3.63) is 29.8 Å². The largest absolute Gasteiger partial charge is 0.369 e. The van der Waals surface area contributed by atoms with E-state index in [2.05, 4.69) is 37.0 Å². The van der Waals surface area contributed by atoms with Crippen molar-refractivity contribution in [2.75, 3.05) is 70.3 Å². The van der Waals surface area contributed by atoms with Crippen LogP contribution in [0.1, 0.15) is 68.1 Å². The number of benzene rings is 1. The van der Waals surface area contributed by atoms with E-state index >= 15 is 0 Å². The van der Waals surface area contributed by atoms with Crippen LogP contribution in [-0.4, -0.2) is 98.0 Å². The van der Waals surface area contributed by atoms with E-state index in [-0.39, 0.29) is 11.8 Å². The summed E-state index contributed by atoms with van der Waals surface area (Å²) in [5.41, 5.74) is 1.90. The first-order chi connectivity index (χ1) is 17.7. The molecular formula is C29H45N5O2. The van der Waals surface area contributed by atoms with Crippen molar-refractivity contribution in [2.45, 2.75) is 63.8 Å². The Morgan fingerprint density at radius 2 is 1.47 bits per heavy atom. The Kier molecular flexibility index (Phi) is 8.80. The highest BCUT2D eigenvalue weighted by Crippen LogP contribution is 2.26. The van der Waals surface area contributed by atoms with Crippen molar-refractivity contribution in [3.8, 4) is 0 Å². The van der Waals surface area contributed by atoms with Crippen molar-refractivity contribution < 1.29 is 9.59 Å². The average molecular weight is 496 g/mol. The summed E-state index contributed by atoms with van der Waals surface area (Å²) in [6.07, 6.45) is 11.9. The number of nitrogens with zero attached hydrogens (tertiary/aromatic N) is 4. The Labute approximate surface area is 217 Å². The summed E-state index contributed by atoms with van der Waals surface area (Å²) >= 11 is 0. The number of piperazine rings is 2. The Morgan fingerprint density at radius 1 is 0.778 bits per heavy atom. The van der Waals surface area contributed by atoms with Gasteiger partial charge in [-0.2, -0.15) is 0 Å². The predicted molar refractivity (Wildman–Crippen MR) is 144 cm³/mol. The molecule has 36 heavy (non-hydrogen) atoms. The SMILES string of the molecule is O=C(NCCC1CCCCC1)c1ccc(N2CCN(CC(=O)N3CCN(C4CCC4)CC3)CC2)cc1. The monoisotopic (exact) mass is 495 g/mol. The molecule has 2 saturated heterocycles. The lowest BCUT2D eigenvalue weighted by Gasteiger charge is -2.43. The van der Waals surface area contributed by atoms with Crippen molar-refractivity contribution in [3.63, 3.8) is 0 Å². The number of carbonyl (C=O) groups is 2. The minimum absolute atomic E-state index is 0.0363. The molecule has 4 aliphatic rings. The van der Waals surface area contributed by atoms with Crippen molar-refractivity contribution in [1.29, 1.82) is 0 Å². The Bertz CT molecular complexity index is 849. The molecule has 2 saturated carbocycles. The van der Waals surface area contributed by atoms with Gasteiger partial charge in [-0.1, -0.05) is 38.5 Å². The highest BCUT2D eigenvalue weighted by molar-refractivity contribution is 5.94. The maximum atomic E-state index is 12.9. The van der Waals surface area contributed by atoms with Crippen LogP contribution in [-0.2, 0) is 4.79 Å². The van der Waals surface area contributed by atoms with E-state index in [0.717, 1.165) is 88.5 Å². The first-order valence-electron chi connectivity index (χ1n) is 14.5. The van der Waals surface area contributed by atoms with E-state index in [0.29, 0.717) is 6.54 Å². The fourth-order valence-corrected chi connectivity index (χ4v) is 6.34. The number of carbonyl (C=O) groups excluding carboxylic acids is 2. The Balaban J connectivity index is 1.00. The Morgan fingerprint density at radius 3 is 2.11 bits per heavy atom. The quantitative estimate of drug-likeness (QED) is 0.600. The van der Waals surface area contributed by atoms with E-state index in [1.54, 1.807) is 0 Å². The van der Waals surface area contributed by atoms with Crippen LogP contribution >= 0.6 is 0 Å². The van der Waals surface area contributed by atoms with E-state index in [9.17, 15) is 9.59 Å². The first-order valence-corrected chi connectivity index (χ1v) is 14.5. The fourth-order valence-electron chi connectivity index (χ4n) is 6.34. The third-order valence-corrected chi connectivity index (χ3v) is 9.05. The van der Waals surface area contributed by atoms with Crippen LogP contribution in [0, 0.1) is 5.92 Å². The van der Waals surface area contributed by atoms with Gasteiger partial charge in [-0.25, -0.2) is 0 Å². The zero-order valence-electron chi connectivity index (χ0n) is 22.0. The summed E-state index contributed by atoms with van der Waals surface area (Å²) in [6, 6.07) is 8.82. The first kappa shape index (κ1) is 25.5. The van der Waals surface area contributed by atoms with Crippen LogP contribution in [0.25, 0.3) is 0 Å². The lowest BCUT2D eigenvalue weighted by molar-refractivity contribution is -0.134. The number of hydrogen-bond acceptors (Lipinski definition) is 5. The topological polar surface area (TPSA) is 59.1 Å². The molecule has 0 atom stereocenters. The third-order valence-electron chi connectivity index (χ3n) is 9.05. The standard InChI is InChI=1S/C29H45N5O2/c35-28(34-21-19-33(20-22-34)26-7-4-8-26)23-31-15-17-32(18-16-31)27-11-9-25(10-12-27)29(36)30-14-13-24-5-2-1-3-6-24/h9-12,24,26H,1-8,13-23H2,(H,30,36). The molecule has 0 aromatic heterocycles. The summed E-state index contributed by atoms with van der Waals surface area (Å²) in [4.78, 5) is 34.7. The van der Waals surface area contributed by atoms with Crippen molar-refractivity contribution in [1.82, 2.24) is 20.0 Å². The second-order valence-corrected chi connectivity index (χ2v) is 11.4. The molecule has 2 aliphatic heterocycles. The zero-order chi connectivity index (χ0) is 24.7. The molecular weight excluding hydrogens is 450 g/mol. The fraction of sp³-hybridized carbons (Fsp3) is 0.724. The van der Waals surface area contributed by atoms with Crippen molar-refractivity contribution in [2.24, 2.45) is 5.92 Å². The van der Waals surface area contributed by atoms with Crippen LogP contribution in [0.4, 0.5) is 5.69 Å². The zero-order valence-corrected chi connectivity index (χ0v) is 22.0. The summed E-state index contributed by atoms with van der Waals surface area (Å²) in [6.45, 7) is 8.79. The molecule has 1 aromatic rings. The van der Waals surface area contributed by atoms with Gasteiger partial charge < -0.3 is 15.1 Å². The molecule has 0 unspecified atom stereocenters. The predicted octanol–water partition coefficient (Wildman–Crippen LogP) is 3.21. The minimum Gasteiger partial charge on any atom is -0.369 e. The van der Waals surface area contributed by atoms with Gasteiger partial charge in [0.25, 0.3) is 5.91 Å². The minimum atomic E-state index is 0.0363. The summed E-state index contributed by atoms with van der Waals surface area (Å²) in [7, 11) is 0. The molecule has 0 spiro atoms. The molecule has 198 valence electrons. The van der Waals surface area contributed by atoms with E-state index in [1.807, 2.05) is 12.1 Å². The van der Waals surface area contributed by atoms with Gasteiger partial charge in [0.2, 0.25) is 5.91 Å². The molecule has 1 aromatic carbocycles. The van der Waals surface area contributed by atoms with E-state index in [1.165, 1.54) is 51.4 Å². The molecule has 0 bridgehead atoms. The Hall–Kier alpha value is -2.12. The number of anilines is 1. The molecule has 7 nitrogen and oxygen atoms in total. The number of nitrogens with one attached hydrogen (secondary N) is 1. The summed E-state index contributed by atoms with van der Waals surface area (Å²) in [5.74, 6) is 1.11. The molecule has 7 heteroatoms. The highest BCUT2D eigenvalue weighted by Gasteiger charge is 2.30. The number of amides is 2. The van der Waals surface area contributed by atoms with Crippen LogP contribution in [0.2, 0.25) is 0 Å². The molecule has 2 amide bonds. The van der Waals surface area contributed by atoms with Crippen LogP contribution < -0.4 is 10.2 Å². The van der Waals surface area contributed by atoms with Crippen LogP contribution in [0.15, 0.2) is 24.3 Å². The number of rotatable bonds is 8. The maximum Gasteiger partial charge on any atom is 0.251 e. The average Bonchev–Trinajstić information content (AvgIpc) is 2.89. The third kappa shape index (κ3) is 6.60. The molecule has 0 radical (unpaired) electrons. The van der Waals surface area contributed by atoms with Gasteiger partial charge in [0.1, 0.15) is 0 Å². The second kappa shape index (κ2) is 12.4. The smallest absolute Gasteiger partial charge is 0.251 e. The second-order valence-electron chi connectivity index (χ2n) is 11.4. The van der Waals surface area contributed by atoms with Crippen LogP contribution in [0.5, 0.6) is 0 Å². The number of hydrogen-bond donors (Lipinski definition) is 1. The van der Waals surface area contributed by atoms with Crippen LogP contribution in [0.3, 0.4) is 0 Å². The molecule has 2 aliphatic carbocycles. The molecule has 2 heterocycles. The lowest BCUT2D eigenvalue weighted by Crippen LogP contribution is -2.56. The van der Waals surface area contributed by atoms with E-state index < -0.39 is 0 Å². The normalized spacial score (nSPS) is 22.9. The lowest BCUT2D eigenvalue weighted by atomic mass is 9.87. The highest BCUT2D eigenvalue weighted by atomic mass is 16.2. The van der Waals surface area contributed by atoms with Gasteiger partial charge in [-0.05, 0) is 49.4 Å². The molecule has 1 N–H and O–H groups in total. The molecule has 5 rings (SSSR count). The van der Waals surface area contributed by atoms with Gasteiger partial charge in [0.05, 0.1) is 6.54 Å². The summed E-state index contributed by atoms with van der Waals surface area (Å²) in [5, 5.41) is 3.11. The maximum absolute atomic E-state index is 12.9. The van der Waals surface area contributed by atoms with Crippen molar-refractivity contribution >= 4 is 17.5 Å². The van der Waals surface area contributed by atoms with Gasteiger partial charge >= 0.3 is 0 Å². The summed E-state index contributed by atoms with van der Waals surface area (Å²) < 4.78 is 0. The van der Waals surface area contributed by atoms with Gasteiger partial charge in [0, 0.05) is 76.2 Å². The van der Waals surface area contributed by atoms with E-state index in [4.69, 9.17) is 0 Å². The van der Waals surface area contributed by atoms with Gasteiger partial charge in [-0.15, -0.1) is 0 Å².